The molecule has 0 unspecified atom stereocenters. The third-order valence-corrected chi connectivity index (χ3v) is 3.22. The van der Waals surface area contributed by atoms with Gasteiger partial charge in [0.15, 0.2) is 0 Å². The first-order valence-electron chi connectivity index (χ1n) is 7.01. The maximum absolute atomic E-state index is 12.1. The first kappa shape index (κ1) is 18.2. The van der Waals surface area contributed by atoms with Crippen molar-refractivity contribution >= 4 is 18.4 Å². The molecule has 0 aliphatic carbocycles. The quantitative estimate of drug-likeness (QED) is 0.784. The molecule has 2 aromatic rings. The van der Waals surface area contributed by atoms with Crippen LogP contribution in [0.1, 0.15) is 27.0 Å². The van der Waals surface area contributed by atoms with Gasteiger partial charge in [0.25, 0.3) is 0 Å². The van der Waals surface area contributed by atoms with Crippen LogP contribution in [0.15, 0.2) is 48.5 Å². The summed E-state index contributed by atoms with van der Waals surface area (Å²) < 4.78 is 5.43. The molecule has 0 amide bonds. The van der Waals surface area contributed by atoms with E-state index in [1.165, 1.54) is 5.56 Å². The molecule has 2 rings (SSSR count). The molecule has 0 aromatic heterocycles. The lowest BCUT2D eigenvalue weighted by Gasteiger charge is -2.14. The summed E-state index contributed by atoms with van der Waals surface area (Å²) in [6.45, 7) is 3.10. The highest BCUT2D eigenvalue weighted by molar-refractivity contribution is 5.89. The van der Waals surface area contributed by atoms with Crippen LogP contribution >= 0.6 is 12.4 Å². The third-order valence-electron chi connectivity index (χ3n) is 3.22. The zero-order chi connectivity index (χ0) is 15.2. The molecule has 0 saturated carbocycles. The highest BCUT2D eigenvalue weighted by Crippen LogP contribution is 2.13. The molecule has 3 nitrogen and oxygen atoms in total. The third kappa shape index (κ3) is 5.17. The fourth-order valence-corrected chi connectivity index (χ4v) is 2.19. The SMILES string of the molecule is Cc1cccc(C(=O)OCc2ccccc2CN(C)C)c1.Cl. The van der Waals surface area contributed by atoms with Crippen molar-refractivity contribution < 1.29 is 9.53 Å². The zero-order valence-corrected chi connectivity index (χ0v) is 14.0. The van der Waals surface area contributed by atoms with Crippen LogP contribution in [-0.4, -0.2) is 25.0 Å². The van der Waals surface area contributed by atoms with E-state index >= 15 is 0 Å². The molecule has 0 atom stereocenters. The summed E-state index contributed by atoms with van der Waals surface area (Å²) in [5.74, 6) is -0.279. The fourth-order valence-electron chi connectivity index (χ4n) is 2.19. The van der Waals surface area contributed by atoms with Crippen molar-refractivity contribution in [3.05, 3.63) is 70.8 Å². The molecule has 0 saturated heterocycles. The molecule has 118 valence electrons. The standard InChI is InChI=1S/C18H21NO2.ClH/c1-14-7-6-10-15(11-14)18(20)21-13-17-9-5-4-8-16(17)12-19(2)3;/h4-11H,12-13H2,1-3H3;1H. The van der Waals surface area contributed by atoms with Crippen molar-refractivity contribution in [2.75, 3.05) is 14.1 Å². The molecule has 0 radical (unpaired) electrons. The van der Waals surface area contributed by atoms with Crippen molar-refractivity contribution in [3.8, 4) is 0 Å². The predicted octanol–water partition coefficient (Wildman–Crippen LogP) is 3.84. The average Bonchev–Trinajstić information content (AvgIpc) is 2.45. The molecule has 22 heavy (non-hydrogen) atoms. The lowest BCUT2D eigenvalue weighted by Crippen LogP contribution is -2.13. The summed E-state index contributed by atoms with van der Waals surface area (Å²) in [5, 5.41) is 0. The smallest absolute Gasteiger partial charge is 0.338 e. The molecule has 4 heteroatoms. The lowest BCUT2D eigenvalue weighted by molar-refractivity contribution is 0.0471. The average molecular weight is 320 g/mol. The molecule has 0 heterocycles. The maximum atomic E-state index is 12.1. The Kier molecular flexibility index (Phi) is 7.09. The molecule has 2 aromatic carbocycles. The number of ether oxygens (including phenoxy) is 1. The fraction of sp³-hybridized carbons (Fsp3) is 0.278. The Bertz CT molecular complexity index is 626. The van der Waals surface area contributed by atoms with E-state index in [-0.39, 0.29) is 18.4 Å². The van der Waals surface area contributed by atoms with Crippen molar-refractivity contribution in [1.82, 2.24) is 4.90 Å². The van der Waals surface area contributed by atoms with Crippen LogP contribution in [0.25, 0.3) is 0 Å². The van der Waals surface area contributed by atoms with Gasteiger partial charge in [-0.3, -0.25) is 0 Å². The highest BCUT2D eigenvalue weighted by Gasteiger charge is 2.09. The largest absolute Gasteiger partial charge is 0.457 e. The van der Waals surface area contributed by atoms with Gasteiger partial charge in [-0.1, -0.05) is 42.0 Å². The van der Waals surface area contributed by atoms with Gasteiger partial charge in [0.05, 0.1) is 5.56 Å². The van der Waals surface area contributed by atoms with Crippen molar-refractivity contribution in [2.24, 2.45) is 0 Å². The van der Waals surface area contributed by atoms with E-state index in [4.69, 9.17) is 4.74 Å². The topological polar surface area (TPSA) is 29.5 Å². The number of hydrogen-bond donors (Lipinski definition) is 0. The van der Waals surface area contributed by atoms with Crippen LogP contribution in [0, 0.1) is 6.92 Å². The van der Waals surface area contributed by atoms with E-state index in [9.17, 15) is 4.79 Å². The minimum absolute atomic E-state index is 0. The van der Waals surface area contributed by atoms with E-state index in [0.29, 0.717) is 12.2 Å². The van der Waals surface area contributed by atoms with Gasteiger partial charge in [-0.05, 0) is 44.3 Å². The Morgan fingerprint density at radius 1 is 1.05 bits per heavy atom. The van der Waals surface area contributed by atoms with E-state index in [1.54, 1.807) is 6.07 Å². The number of benzene rings is 2. The van der Waals surface area contributed by atoms with Gasteiger partial charge in [-0.25, -0.2) is 4.79 Å². The van der Waals surface area contributed by atoms with Crippen LogP contribution in [0.3, 0.4) is 0 Å². The summed E-state index contributed by atoms with van der Waals surface area (Å²) in [5.41, 5.74) is 3.88. The molecular weight excluding hydrogens is 298 g/mol. The normalized spacial score (nSPS) is 10.2. The van der Waals surface area contributed by atoms with E-state index < -0.39 is 0 Å². The number of carbonyl (C=O) groups is 1. The Balaban J connectivity index is 0.00000242. The maximum Gasteiger partial charge on any atom is 0.338 e. The second-order valence-corrected chi connectivity index (χ2v) is 5.45. The second-order valence-electron chi connectivity index (χ2n) is 5.45. The first-order chi connectivity index (χ1) is 10.1. The van der Waals surface area contributed by atoms with Crippen LogP contribution in [0.5, 0.6) is 0 Å². The molecule has 0 spiro atoms. The Morgan fingerprint density at radius 2 is 1.73 bits per heavy atom. The van der Waals surface area contributed by atoms with Gasteiger partial charge < -0.3 is 9.64 Å². The molecule has 0 fully saturated rings. The summed E-state index contributed by atoms with van der Waals surface area (Å²) in [7, 11) is 4.05. The van der Waals surface area contributed by atoms with Crippen LogP contribution in [0.4, 0.5) is 0 Å². The van der Waals surface area contributed by atoms with Gasteiger partial charge in [-0.2, -0.15) is 0 Å². The molecule has 0 bridgehead atoms. The number of aryl methyl sites for hydroxylation is 1. The summed E-state index contributed by atoms with van der Waals surface area (Å²) >= 11 is 0. The predicted molar refractivity (Wildman–Crippen MR) is 91.4 cm³/mol. The van der Waals surface area contributed by atoms with Crippen LogP contribution in [0.2, 0.25) is 0 Å². The minimum atomic E-state index is -0.279. The van der Waals surface area contributed by atoms with Gasteiger partial charge in [0.2, 0.25) is 0 Å². The molecule has 0 N–H and O–H groups in total. The number of rotatable bonds is 5. The number of halogens is 1. The Labute approximate surface area is 138 Å². The molecule has 0 aliphatic heterocycles. The van der Waals surface area contributed by atoms with Crippen LogP contribution in [-0.2, 0) is 17.9 Å². The summed E-state index contributed by atoms with van der Waals surface area (Å²) in [6, 6.07) is 15.5. The molecular formula is C18H22ClNO2. The minimum Gasteiger partial charge on any atom is -0.457 e. The highest BCUT2D eigenvalue weighted by atomic mass is 35.5. The Hall–Kier alpha value is -1.84. The van der Waals surface area contributed by atoms with Crippen molar-refractivity contribution in [1.29, 1.82) is 0 Å². The van der Waals surface area contributed by atoms with Gasteiger partial charge >= 0.3 is 5.97 Å². The van der Waals surface area contributed by atoms with E-state index in [0.717, 1.165) is 17.7 Å². The van der Waals surface area contributed by atoms with E-state index in [1.807, 2.05) is 57.4 Å². The monoisotopic (exact) mass is 319 g/mol. The molecule has 0 aliphatic rings. The number of esters is 1. The van der Waals surface area contributed by atoms with Gasteiger partial charge in [0.1, 0.15) is 6.61 Å². The zero-order valence-electron chi connectivity index (χ0n) is 13.2. The van der Waals surface area contributed by atoms with Crippen molar-refractivity contribution in [2.45, 2.75) is 20.1 Å². The number of nitrogens with zero attached hydrogens (tertiary/aromatic N) is 1. The summed E-state index contributed by atoms with van der Waals surface area (Å²) in [6.07, 6.45) is 0. The van der Waals surface area contributed by atoms with Crippen LogP contribution < -0.4 is 0 Å². The Morgan fingerprint density at radius 3 is 2.36 bits per heavy atom. The number of hydrogen-bond acceptors (Lipinski definition) is 3. The second kappa shape index (κ2) is 8.57. The van der Waals surface area contributed by atoms with Crippen molar-refractivity contribution in [3.63, 3.8) is 0 Å². The lowest BCUT2D eigenvalue weighted by atomic mass is 10.1. The first-order valence-corrected chi connectivity index (χ1v) is 7.01. The van der Waals surface area contributed by atoms with Gasteiger partial charge in [0, 0.05) is 6.54 Å². The summed E-state index contributed by atoms with van der Waals surface area (Å²) in [4.78, 5) is 14.2. The van der Waals surface area contributed by atoms with Gasteiger partial charge in [-0.15, -0.1) is 12.4 Å². The number of carbonyl (C=O) groups excluding carboxylic acids is 1. The van der Waals surface area contributed by atoms with E-state index in [2.05, 4.69) is 11.0 Å².